The number of nitrogens with one attached hydrogen (secondary N) is 1. The number of carbonyl (C=O) groups is 1. The standard InChI is InChI=1S/C23H21F4N3O3/c1-10-15(24)4-3-12(21(10)33-2)13-7-11(23(25,26)27)8-14(13)17-9-18(31)19-16(30-17)5-6-29-20(19)22(28)32/h3-6,9,11,13-14H,7-8H2,1-2H3,(H2,28,32)(H,30,31)/t11-,13+,14-/m1/s1. The van der Waals surface area contributed by atoms with E-state index in [1.165, 1.54) is 44.5 Å². The van der Waals surface area contributed by atoms with Crippen molar-refractivity contribution in [3.8, 4) is 5.75 Å². The molecule has 0 radical (unpaired) electrons. The van der Waals surface area contributed by atoms with Crippen LogP contribution in [-0.4, -0.2) is 29.2 Å². The Morgan fingerprint density at radius 3 is 2.55 bits per heavy atom. The Bertz CT molecular complexity index is 1300. The van der Waals surface area contributed by atoms with Crippen LogP contribution < -0.4 is 15.9 Å². The summed E-state index contributed by atoms with van der Waals surface area (Å²) in [7, 11) is 1.34. The minimum atomic E-state index is -4.44. The number of nitrogens with two attached hydrogens (primary N) is 1. The van der Waals surface area contributed by atoms with E-state index >= 15 is 0 Å². The summed E-state index contributed by atoms with van der Waals surface area (Å²) in [6.45, 7) is 1.50. The zero-order chi connectivity index (χ0) is 24.1. The molecule has 0 spiro atoms. The lowest BCUT2D eigenvalue weighted by Gasteiger charge is -2.23. The van der Waals surface area contributed by atoms with Gasteiger partial charge in [0.1, 0.15) is 17.3 Å². The molecule has 1 aromatic carbocycles. The summed E-state index contributed by atoms with van der Waals surface area (Å²) in [5.74, 6) is -4.24. The molecule has 3 aromatic rings. The largest absolute Gasteiger partial charge is 0.496 e. The van der Waals surface area contributed by atoms with Gasteiger partial charge in [0, 0.05) is 29.4 Å². The number of aromatic amines is 1. The molecule has 1 aliphatic rings. The van der Waals surface area contributed by atoms with Gasteiger partial charge in [-0.05, 0) is 43.4 Å². The third-order valence-corrected chi connectivity index (χ3v) is 6.40. The summed E-state index contributed by atoms with van der Waals surface area (Å²) in [6.07, 6.45) is -3.64. The second-order valence-corrected chi connectivity index (χ2v) is 8.25. The molecule has 2 heterocycles. The second-order valence-electron chi connectivity index (χ2n) is 8.25. The van der Waals surface area contributed by atoms with Crippen molar-refractivity contribution in [2.24, 2.45) is 11.7 Å². The van der Waals surface area contributed by atoms with E-state index in [0.29, 0.717) is 5.56 Å². The van der Waals surface area contributed by atoms with Crippen LogP contribution in [0, 0.1) is 18.7 Å². The van der Waals surface area contributed by atoms with Crippen molar-refractivity contribution < 1.29 is 27.1 Å². The molecule has 1 saturated carbocycles. The number of halogens is 4. The highest BCUT2D eigenvalue weighted by Crippen LogP contribution is 2.55. The number of alkyl halides is 3. The molecule has 0 bridgehead atoms. The molecule has 2 aromatic heterocycles. The van der Waals surface area contributed by atoms with E-state index in [0.717, 1.165) is 0 Å². The number of methoxy groups -OCH3 is 1. The molecule has 0 aliphatic heterocycles. The average Bonchev–Trinajstić information content (AvgIpc) is 3.20. The summed E-state index contributed by atoms with van der Waals surface area (Å²) in [4.78, 5) is 31.4. The number of pyridine rings is 2. The molecule has 10 heteroatoms. The van der Waals surface area contributed by atoms with Crippen LogP contribution >= 0.6 is 0 Å². The van der Waals surface area contributed by atoms with Gasteiger partial charge >= 0.3 is 6.18 Å². The first-order valence-electron chi connectivity index (χ1n) is 10.2. The fourth-order valence-electron chi connectivity index (χ4n) is 4.85. The highest BCUT2D eigenvalue weighted by atomic mass is 19.4. The van der Waals surface area contributed by atoms with Crippen molar-refractivity contribution >= 4 is 16.8 Å². The van der Waals surface area contributed by atoms with E-state index in [9.17, 15) is 27.2 Å². The molecule has 3 N–H and O–H groups in total. The number of aromatic nitrogens is 2. The summed E-state index contributed by atoms with van der Waals surface area (Å²) in [5, 5.41) is -0.0223. The monoisotopic (exact) mass is 463 g/mol. The highest BCUT2D eigenvalue weighted by molar-refractivity contribution is 6.03. The van der Waals surface area contributed by atoms with E-state index < -0.39 is 41.1 Å². The van der Waals surface area contributed by atoms with Crippen LogP contribution in [0.4, 0.5) is 17.6 Å². The Balaban J connectivity index is 1.89. The minimum absolute atomic E-state index is 0.0223. The smallest absolute Gasteiger partial charge is 0.391 e. The zero-order valence-electron chi connectivity index (χ0n) is 17.8. The first kappa shape index (κ1) is 22.8. The molecule has 6 nitrogen and oxygen atoms in total. The molecule has 1 aliphatic carbocycles. The van der Waals surface area contributed by atoms with Gasteiger partial charge in [-0.15, -0.1) is 0 Å². The third-order valence-electron chi connectivity index (χ3n) is 6.40. The van der Waals surface area contributed by atoms with Crippen LogP contribution in [0.2, 0.25) is 0 Å². The van der Waals surface area contributed by atoms with Crippen molar-refractivity contribution in [2.75, 3.05) is 7.11 Å². The van der Waals surface area contributed by atoms with Crippen LogP contribution in [0.25, 0.3) is 10.9 Å². The summed E-state index contributed by atoms with van der Waals surface area (Å²) >= 11 is 0. The van der Waals surface area contributed by atoms with Crippen LogP contribution in [0.15, 0.2) is 35.3 Å². The van der Waals surface area contributed by atoms with Crippen molar-refractivity contribution in [2.45, 2.75) is 37.8 Å². The number of nitrogens with zero attached hydrogens (tertiary/aromatic N) is 1. The Morgan fingerprint density at radius 1 is 1.21 bits per heavy atom. The number of rotatable bonds is 4. The summed E-state index contributed by atoms with van der Waals surface area (Å²) < 4.78 is 60.6. The average molecular weight is 463 g/mol. The number of benzene rings is 1. The lowest BCUT2D eigenvalue weighted by molar-refractivity contribution is -0.172. The van der Waals surface area contributed by atoms with Crippen LogP contribution in [0.5, 0.6) is 5.75 Å². The maximum absolute atomic E-state index is 14.1. The SMILES string of the molecule is COc1c([C@@H]2C[C@@H](C(F)(F)F)C[C@H]2c2cc(=O)c3c(C(N)=O)nccc3[nH]2)ccc(F)c1C. The maximum Gasteiger partial charge on any atom is 0.391 e. The van der Waals surface area contributed by atoms with Gasteiger partial charge in [-0.3, -0.25) is 14.6 Å². The van der Waals surface area contributed by atoms with Crippen molar-refractivity contribution in [1.29, 1.82) is 0 Å². The van der Waals surface area contributed by atoms with Crippen LogP contribution in [0.3, 0.4) is 0 Å². The lowest BCUT2D eigenvalue weighted by atomic mass is 9.85. The molecule has 0 unspecified atom stereocenters. The van der Waals surface area contributed by atoms with E-state index in [4.69, 9.17) is 10.5 Å². The van der Waals surface area contributed by atoms with Gasteiger partial charge < -0.3 is 15.5 Å². The van der Waals surface area contributed by atoms with Gasteiger partial charge in [0.15, 0.2) is 5.43 Å². The number of amides is 1. The Labute approximate surface area is 185 Å². The predicted octanol–water partition coefficient (Wildman–Crippen LogP) is 4.32. The lowest BCUT2D eigenvalue weighted by Crippen LogP contribution is -2.20. The van der Waals surface area contributed by atoms with Crippen molar-refractivity contribution in [3.63, 3.8) is 0 Å². The number of carbonyl (C=O) groups excluding carboxylic acids is 1. The molecular formula is C23H21F4N3O3. The first-order chi connectivity index (χ1) is 15.5. The summed E-state index contributed by atoms with van der Waals surface area (Å²) in [5.41, 5.74) is 5.70. The minimum Gasteiger partial charge on any atom is -0.496 e. The van der Waals surface area contributed by atoms with Gasteiger partial charge in [-0.2, -0.15) is 13.2 Å². The number of fused-ring (bicyclic) bond motifs is 1. The van der Waals surface area contributed by atoms with Crippen LogP contribution in [0.1, 0.15) is 52.0 Å². The maximum atomic E-state index is 14.1. The number of hydrogen-bond acceptors (Lipinski definition) is 4. The number of ether oxygens (including phenoxy) is 1. The Morgan fingerprint density at radius 2 is 1.91 bits per heavy atom. The fourth-order valence-corrected chi connectivity index (χ4v) is 4.85. The molecule has 174 valence electrons. The van der Waals surface area contributed by atoms with E-state index in [1.54, 1.807) is 0 Å². The summed E-state index contributed by atoms with van der Waals surface area (Å²) in [6, 6.07) is 5.29. The van der Waals surface area contributed by atoms with E-state index in [1.807, 2.05) is 0 Å². The van der Waals surface area contributed by atoms with E-state index in [2.05, 4.69) is 9.97 Å². The second kappa shape index (κ2) is 8.17. The molecule has 0 saturated heterocycles. The molecule has 33 heavy (non-hydrogen) atoms. The Hall–Kier alpha value is -3.43. The fraction of sp³-hybridized carbons (Fsp3) is 0.348. The number of hydrogen-bond donors (Lipinski definition) is 2. The molecular weight excluding hydrogens is 442 g/mol. The van der Waals surface area contributed by atoms with E-state index in [-0.39, 0.29) is 46.4 Å². The van der Waals surface area contributed by atoms with Gasteiger partial charge in [0.25, 0.3) is 5.91 Å². The highest BCUT2D eigenvalue weighted by Gasteiger charge is 2.50. The normalized spacial score (nSPS) is 20.8. The van der Waals surface area contributed by atoms with Crippen molar-refractivity contribution in [1.82, 2.24) is 9.97 Å². The molecule has 1 fully saturated rings. The Kier molecular flexibility index (Phi) is 5.63. The molecule has 1 amide bonds. The van der Waals surface area contributed by atoms with Gasteiger partial charge in [0.2, 0.25) is 0 Å². The van der Waals surface area contributed by atoms with Crippen LogP contribution in [-0.2, 0) is 0 Å². The first-order valence-corrected chi connectivity index (χ1v) is 10.2. The van der Waals surface area contributed by atoms with Crippen molar-refractivity contribution in [3.05, 3.63) is 69.0 Å². The predicted molar refractivity (Wildman–Crippen MR) is 113 cm³/mol. The molecule has 4 rings (SSSR count). The van der Waals surface area contributed by atoms with Gasteiger partial charge in [-0.25, -0.2) is 4.39 Å². The van der Waals surface area contributed by atoms with Gasteiger partial charge in [-0.1, -0.05) is 6.07 Å². The van der Waals surface area contributed by atoms with Gasteiger partial charge in [0.05, 0.1) is 23.9 Å². The quantitative estimate of drug-likeness (QED) is 0.563. The molecule has 3 atom stereocenters. The topological polar surface area (TPSA) is 98.1 Å². The number of primary amides is 1. The number of H-pyrrole nitrogens is 1. The zero-order valence-corrected chi connectivity index (χ0v) is 17.8. The third kappa shape index (κ3) is 3.94.